The van der Waals surface area contributed by atoms with Gasteiger partial charge in [0.15, 0.2) is 5.11 Å². The summed E-state index contributed by atoms with van der Waals surface area (Å²) in [5.74, 6) is 0.353. The summed E-state index contributed by atoms with van der Waals surface area (Å²) in [6.07, 6.45) is 4.16. The summed E-state index contributed by atoms with van der Waals surface area (Å²) >= 11 is 5.84. The van der Waals surface area contributed by atoms with Crippen molar-refractivity contribution in [2.75, 3.05) is 40.9 Å². The number of carbonyl (C=O) groups excluding carboxylic acids is 1. The van der Waals surface area contributed by atoms with Crippen molar-refractivity contribution < 1.29 is 4.79 Å². The third kappa shape index (κ3) is 3.08. The highest BCUT2D eigenvalue weighted by atomic mass is 32.1. The Morgan fingerprint density at radius 1 is 1.13 bits per heavy atom. The van der Waals surface area contributed by atoms with Gasteiger partial charge in [-0.05, 0) is 74.3 Å². The molecule has 2 aliphatic heterocycles. The number of piperazine rings is 1. The number of pyridine rings is 1. The number of nitrogens with one attached hydrogen (secondary N) is 1. The van der Waals surface area contributed by atoms with Crippen molar-refractivity contribution in [2.45, 2.75) is 31.7 Å². The minimum atomic E-state index is -0.611. The van der Waals surface area contributed by atoms with Gasteiger partial charge in [-0.1, -0.05) is 6.57 Å². The predicted octanol–water partition coefficient (Wildman–Crippen LogP) is 3.41. The zero-order valence-electron chi connectivity index (χ0n) is 17.5. The third-order valence-corrected chi connectivity index (χ3v) is 6.95. The molecule has 3 heterocycles. The summed E-state index contributed by atoms with van der Waals surface area (Å²) < 4.78 is 0. The monoisotopic (exact) mass is 432 g/mol. The molecule has 1 spiro atoms. The van der Waals surface area contributed by atoms with Gasteiger partial charge in [0.2, 0.25) is 0 Å². The van der Waals surface area contributed by atoms with Gasteiger partial charge in [0.1, 0.15) is 11.7 Å². The number of carbonyl (C=O) groups is 1. The van der Waals surface area contributed by atoms with E-state index in [1.807, 2.05) is 17.9 Å². The lowest BCUT2D eigenvalue weighted by Crippen LogP contribution is -2.55. The summed E-state index contributed by atoms with van der Waals surface area (Å²) in [4.78, 5) is 27.2. The molecule has 158 valence electrons. The number of nitrogens with zero attached hydrogens (tertiary/aromatic N) is 5. The van der Waals surface area contributed by atoms with Crippen LogP contribution >= 0.6 is 12.2 Å². The molecule has 5 rings (SSSR count). The van der Waals surface area contributed by atoms with E-state index >= 15 is 0 Å². The molecule has 8 heteroatoms. The lowest BCUT2D eigenvalue weighted by atomic mass is 9.75. The maximum absolute atomic E-state index is 13.6. The van der Waals surface area contributed by atoms with E-state index < -0.39 is 5.54 Å². The van der Waals surface area contributed by atoms with Crippen molar-refractivity contribution >= 4 is 46.1 Å². The molecule has 2 saturated heterocycles. The van der Waals surface area contributed by atoms with Crippen LogP contribution in [-0.2, 0) is 4.79 Å². The minimum Gasteiger partial charge on any atom is -0.369 e. The molecule has 0 bridgehead atoms. The van der Waals surface area contributed by atoms with Crippen LogP contribution < -0.4 is 20.0 Å². The molecular weight excluding hydrogens is 408 g/mol. The highest BCUT2D eigenvalue weighted by molar-refractivity contribution is 7.81. The molecule has 0 atom stereocenters. The van der Waals surface area contributed by atoms with E-state index in [1.54, 1.807) is 11.1 Å². The first-order chi connectivity index (χ1) is 15.0. The molecule has 2 aromatic rings. The second-order valence-corrected chi connectivity index (χ2v) is 8.71. The van der Waals surface area contributed by atoms with Gasteiger partial charge < -0.3 is 20.0 Å². The van der Waals surface area contributed by atoms with Gasteiger partial charge in [0.25, 0.3) is 11.7 Å². The number of hydrogen-bond donors (Lipinski definition) is 1. The average molecular weight is 433 g/mol. The number of anilines is 3. The van der Waals surface area contributed by atoms with Crippen LogP contribution in [0.4, 0.5) is 22.9 Å². The highest BCUT2D eigenvalue weighted by Crippen LogP contribution is 2.48. The standard InChI is InChI=1S/C23H24N6OS/c1-16-14-19(15-26-20(16)24-2)28-21(30)23(8-3-9-23)29(22(28)31)18-6-4-17(5-7-18)27-12-10-25-11-13-27/h4-7,14-15,25H,3,8-13H2,1H3. The maximum Gasteiger partial charge on any atom is 0.272 e. The van der Waals surface area contributed by atoms with Gasteiger partial charge in [0, 0.05) is 37.6 Å². The van der Waals surface area contributed by atoms with Crippen molar-refractivity contribution in [3.8, 4) is 0 Å². The fourth-order valence-electron chi connectivity index (χ4n) is 4.74. The van der Waals surface area contributed by atoms with E-state index in [0.717, 1.165) is 56.7 Å². The molecule has 3 fully saturated rings. The molecular formula is C23H24N6OS. The largest absolute Gasteiger partial charge is 0.369 e. The van der Waals surface area contributed by atoms with Gasteiger partial charge >= 0.3 is 0 Å². The Morgan fingerprint density at radius 2 is 1.81 bits per heavy atom. The Bertz CT molecular complexity index is 1080. The van der Waals surface area contributed by atoms with Crippen LogP contribution in [-0.4, -0.2) is 47.7 Å². The van der Waals surface area contributed by atoms with E-state index in [1.165, 1.54) is 5.69 Å². The summed E-state index contributed by atoms with van der Waals surface area (Å²) in [5, 5.41) is 3.86. The summed E-state index contributed by atoms with van der Waals surface area (Å²) in [5.41, 5.74) is 2.90. The molecule has 1 aromatic heterocycles. The van der Waals surface area contributed by atoms with Crippen molar-refractivity contribution in [3.05, 3.63) is 53.5 Å². The molecule has 1 aliphatic carbocycles. The first-order valence-electron chi connectivity index (χ1n) is 10.6. The van der Waals surface area contributed by atoms with E-state index in [0.29, 0.717) is 16.6 Å². The van der Waals surface area contributed by atoms with E-state index in [-0.39, 0.29) is 5.91 Å². The lowest BCUT2D eigenvalue weighted by molar-refractivity contribution is -0.123. The van der Waals surface area contributed by atoms with Gasteiger partial charge in [0.05, 0.1) is 5.69 Å². The Balaban J connectivity index is 1.48. The van der Waals surface area contributed by atoms with Gasteiger partial charge in [-0.25, -0.2) is 0 Å². The molecule has 1 aromatic carbocycles. The zero-order valence-corrected chi connectivity index (χ0v) is 18.3. The zero-order chi connectivity index (χ0) is 21.6. The van der Waals surface area contributed by atoms with Crippen molar-refractivity contribution in [1.29, 1.82) is 0 Å². The number of benzene rings is 1. The van der Waals surface area contributed by atoms with Crippen LogP contribution in [0.2, 0.25) is 0 Å². The third-order valence-electron chi connectivity index (χ3n) is 6.58. The number of hydrogen-bond acceptors (Lipinski definition) is 5. The Labute approximate surface area is 187 Å². The average Bonchev–Trinajstić information content (AvgIpc) is 3.01. The van der Waals surface area contributed by atoms with Crippen LogP contribution in [0.15, 0.2) is 36.5 Å². The maximum atomic E-state index is 13.6. The molecule has 1 amide bonds. The normalized spacial score (nSPS) is 20.2. The second-order valence-electron chi connectivity index (χ2n) is 8.34. The van der Waals surface area contributed by atoms with E-state index in [4.69, 9.17) is 18.8 Å². The number of amides is 1. The van der Waals surface area contributed by atoms with Crippen molar-refractivity contribution in [3.63, 3.8) is 0 Å². The van der Waals surface area contributed by atoms with Gasteiger partial charge in [-0.3, -0.25) is 9.69 Å². The smallest absolute Gasteiger partial charge is 0.272 e. The Morgan fingerprint density at radius 3 is 2.39 bits per heavy atom. The van der Waals surface area contributed by atoms with Crippen molar-refractivity contribution in [1.82, 2.24) is 10.3 Å². The first kappa shape index (κ1) is 19.9. The van der Waals surface area contributed by atoms with E-state index in [9.17, 15) is 4.79 Å². The molecule has 1 N–H and O–H groups in total. The van der Waals surface area contributed by atoms with Gasteiger partial charge in [-0.15, -0.1) is 4.98 Å². The Hall–Kier alpha value is -3.02. The minimum absolute atomic E-state index is 0.00620. The number of thiocarbonyl (C=S) groups is 1. The summed E-state index contributed by atoms with van der Waals surface area (Å²) in [7, 11) is 0. The van der Waals surface area contributed by atoms with Crippen LogP contribution in [0.1, 0.15) is 24.8 Å². The quantitative estimate of drug-likeness (QED) is 0.593. The summed E-state index contributed by atoms with van der Waals surface area (Å²) in [6.45, 7) is 13.0. The van der Waals surface area contributed by atoms with Crippen LogP contribution in [0.3, 0.4) is 0 Å². The highest BCUT2D eigenvalue weighted by Gasteiger charge is 2.59. The van der Waals surface area contributed by atoms with Gasteiger partial charge in [-0.2, -0.15) is 0 Å². The number of rotatable bonds is 3. The number of aryl methyl sites for hydroxylation is 1. The lowest BCUT2D eigenvalue weighted by Gasteiger charge is -2.43. The van der Waals surface area contributed by atoms with Crippen molar-refractivity contribution in [2.24, 2.45) is 0 Å². The molecule has 0 radical (unpaired) electrons. The molecule has 7 nitrogen and oxygen atoms in total. The Kier molecular flexibility index (Phi) is 4.88. The van der Waals surface area contributed by atoms with Crippen LogP contribution in [0, 0.1) is 13.5 Å². The van der Waals surface area contributed by atoms with Crippen LogP contribution in [0.5, 0.6) is 0 Å². The SMILES string of the molecule is [C-]#[N+]c1ncc(N2C(=O)C3(CCC3)N(c3ccc(N4CCNCC4)cc3)C2=S)cc1C. The molecule has 1 saturated carbocycles. The number of aromatic nitrogens is 1. The fraction of sp³-hybridized carbons (Fsp3) is 0.391. The molecule has 31 heavy (non-hydrogen) atoms. The van der Waals surface area contributed by atoms with E-state index in [2.05, 4.69) is 44.3 Å². The second kappa shape index (κ2) is 7.59. The summed E-state index contributed by atoms with van der Waals surface area (Å²) in [6, 6.07) is 10.2. The first-order valence-corrected chi connectivity index (χ1v) is 11.0. The fourth-order valence-corrected chi connectivity index (χ4v) is 5.20. The topological polar surface area (TPSA) is 56.1 Å². The predicted molar refractivity (Wildman–Crippen MR) is 126 cm³/mol. The van der Waals surface area contributed by atoms with Crippen LogP contribution in [0.25, 0.3) is 4.85 Å². The molecule has 3 aliphatic rings. The molecule has 0 unspecified atom stereocenters.